The van der Waals surface area contributed by atoms with Gasteiger partial charge in [-0.15, -0.1) is 0 Å². The van der Waals surface area contributed by atoms with Gasteiger partial charge >= 0.3 is 0 Å². The summed E-state index contributed by atoms with van der Waals surface area (Å²) >= 11 is 0. The first-order chi connectivity index (χ1) is 14.6. The Labute approximate surface area is 172 Å². The SMILES string of the molecule is COC(OC)(c1ccccc1)c1ccc2c3c([nH]nc1-2)C(=O)c1ccccc1C3=O. The van der Waals surface area contributed by atoms with Gasteiger partial charge in [-0.2, -0.15) is 5.10 Å². The molecule has 2 aromatic carbocycles. The normalized spacial score (nSPS) is 13.4. The predicted octanol–water partition coefficient (Wildman–Crippen LogP) is 3.78. The lowest BCUT2D eigenvalue weighted by Gasteiger charge is -2.32. The highest BCUT2D eigenvalue weighted by atomic mass is 16.7. The third-order valence-corrected chi connectivity index (χ3v) is 5.68. The summed E-state index contributed by atoms with van der Waals surface area (Å²) in [6.07, 6.45) is 0. The summed E-state index contributed by atoms with van der Waals surface area (Å²) < 4.78 is 11.7. The predicted molar refractivity (Wildman–Crippen MR) is 110 cm³/mol. The maximum absolute atomic E-state index is 13.3. The second kappa shape index (κ2) is 6.73. The Hall–Kier alpha value is -3.61. The summed E-state index contributed by atoms with van der Waals surface area (Å²) in [6, 6.07) is 19.9. The highest BCUT2D eigenvalue weighted by molar-refractivity contribution is 6.29. The molecule has 2 aromatic rings. The zero-order valence-electron chi connectivity index (χ0n) is 16.4. The van der Waals surface area contributed by atoms with E-state index in [1.165, 1.54) is 0 Å². The number of methoxy groups -OCH3 is 2. The van der Waals surface area contributed by atoms with Gasteiger partial charge in [-0.3, -0.25) is 14.7 Å². The average molecular weight is 398 g/mol. The van der Waals surface area contributed by atoms with Crippen molar-refractivity contribution in [2.45, 2.75) is 5.79 Å². The molecule has 0 spiro atoms. The van der Waals surface area contributed by atoms with Crippen molar-refractivity contribution in [1.82, 2.24) is 10.2 Å². The van der Waals surface area contributed by atoms with Crippen molar-refractivity contribution in [2.24, 2.45) is 0 Å². The Kier molecular flexibility index (Phi) is 4.13. The maximum atomic E-state index is 13.3. The van der Waals surface area contributed by atoms with E-state index in [9.17, 15) is 9.59 Å². The van der Waals surface area contributed by atoms with Crippen molar-refractivity contribution in [3.05, 3.63) is 100 Å². The van der Waals surface area contributed by atoms with Crippen molar-refractivity contribution in [1.29, 1.82) is 0 Å². The van der Waals surface area contributed by atoms with E-state index in [1.807, 2.05) is 36.4 Å². The number of carbonyl (C=O) groups is 2. The molecule has 0 aromatic heterocycles. The first-order valence-corrected chi connectivity index (χ1v) is 9.48. The van der Waals surface area contributed by atoms with Gasteiger partial charge in [-0.25, -0.2) is 0 Å². The van der Waals surface area contributed by atoms with Crippen molar-refractivity contribution in [3.63, 3.8) is 0 Å². The van der Waals surface area contributed by atoms with Crippen molar-refractivity contribution >= 4 is 11.6 Å². The van der Waals surface area contributed by atoms with Crippen LogP contribution < -0.4 is 0 Å². The number of H-pyrrole nitrogens is 1. The Balaban J connectivity index is 1.74. The van der Waals surface area contributed by atoms with E-state index >= 15 is 0 Å². The van der Waals surface area contributed by atoms with Gasteiger partial charge in [0.05, 0.1) is 5.56 Å². The Morgan fingerprint density at radius 3 is 2.07 bits per heavy atom. The minimum atomic E-state index is -1.21. The van der Waals surface area contributed by atoms with Crippen LogP contribution in [-0.4, -0.2) is 36.0 Å². The largest absolute Gasteiger partial charge is 0.345 e. The van der Waals surface area contributed by atoms with Gasteiger partial charge in [0.2, 0.25) is 11.6 Å². The van der Waals surface area contributed by atoms with Crippen LogP contribution in [0.2, 0.25) is 0 Å². The quantitative estimate of drug-likeness (QED) is 0.466. The minimum Gasteiger partial charge on any atom is -0.345 e. The van der Waals surface area contributed by atoms with Crippen LogP contribution in [0.4, 0.5) is 0 Å². The monoisotopic (exact) mass is 398 g/mol. The first kappa shape index (κ1) is 18.4. The number of carbonyl (C=O) groups excluding carboxylic acids is 2. The summed E-state index contributed by atoms with van der Waals surface area (Å²) in [6.45, 7) is 0. The molecule has 6 heteroatoms. The first-order valence-electron chi connectivity index (χ1n) is 9.48. The van der Waals surface area contributed by atoms with Crippen LogP contribution in [0.1, 0.15) is 43.1 Å². The molecular weight excluding hydrogens is 380 g/mol. The molecule has 0 saturated heterocycles. The fourth-order valence-corrected chi connectivity index (χ4v) is 4.26. The molecule has 0 bridgehead atoms. The van der Waals surface area contributed by atoms with Gasteiger partial charge in [0.15, 0.2) is 5.78 Å². The summed E-state index contributed by atoms with van der Waals surface area (Å²) in [5.41, 5.74) is 3.83. The van der Waals surface area contributed by atoms with Crippen molar-refractivity contribution in [2.75, 3.05) is 14.2 Å². The van der Waals surface area contributed by atoms with E-state index in [2.05, 4.69) is 10.2 Å². The summed E-state index contributed by atoms with van der Waals surface area (Å²) in [4.78, 5) is 26.2. The van der Waals surface area contributed by atoms with Gasteiger partial charge in [0.25, 0.3) is 0 Å². The number of ketones is 2. The van der Waals surface area contributed by atoms with Crippen molar-refractivity contribution < 1.29 is 19.1 Å². The number of rotatable bonds is 4. The van der Waals surface area contributed by atoms with Gasteiger partial charge < -0.3 is 9.47 Å². The lowest BCUT2D eigenvalue weighted by atomic mass is 9.84. The van der Waals surface area contributed by atoms with E-state index in [-0.39, 0.29) is 17.3 Å². The van der Waals surface area contributed by atoms with E-state index in [0.717, 1.165) is 5.56 Å². The highest BCUT2D eigenvalue weighted by Gasteiger charge is 2.41. The minimum absolute atomic E-state index is 0.198. The molecule has 5 rings (SSSR count). The van der Waals surface area contributed by atoms with E-state index < -0.39 is 5.79 Å². The number of fused-ring (bicyclic) bond motifs is 4. The molecule has 3 aliphatic rings. The van der Waals surface area contributed by atoms with Gasteiger partial charge in [0.1, 0.15) is 11.4 Å². The van der Waals surface area contributed by atoms with Crippen LogP contribution in [0.15, 0.2) is 66.7 Å². The number of hydrogen-bond donors (Lipinski definition) is 1. The number of ether oxygens (including phenoxy) is 2. The molecule has 1 aliphatic heterocycles. The summed E-state index contributed by atoms with van der Waals surface area (Å²) in [5, 5.41) is 7.26. The van der Waals surface area contributed by atoms with Gasteiger partial charge in [0, 0.05) is 42.0 Å². The average Bonchev–Trinajstić information content (AvgIpc) is 3.24. The molecule has 0 unspecified atom stereocenters. The van der Waals surface area contributed by atoms with E-state index in [4.69, 9.17) is 9.47 Å². The van der Waals surface area contributed by atoms with Crippen LogP contribution in [0.3, 0.4) is 0 Å². The number of aromatic nitrogens is 2. The Morgan fingerprint density at radius 2 is 1.40 bits per heavy atom. The molecule has 0 atom stereocenters. The number of benzene rings is 2. The molecule has 6 nitrogen and oxygen atoms in total. The molecule has 2 aliphatic carbocycles. The zero-order valence-corrected chi connectivity index (χ0v) is 16.4. The smallest absolute Gasteiger partial charge is 0.224 e. The lowest BCUT2D eigenvalue weighted by Crippen LogP contribution is -2.33. The molecule has 0 radical (unpaired) electrons. The molecule has 148 valence electrons. The molecule has 30 heavy (non-hydrogen) atoms. The maximum Gasteiger partial charge on any atom is 0.224 e. The third kappa shape index (κ3) is 2.35. The molecular formula is C24H18N2O4. The van der Waals surface area contributed by atoms with Crippen molar-refractivity contribution in [3.8, 4) is 11.3 Å². The molecule has 1 heterocycles. The molecule has 1 N–H and O–H groups in total. The lowest BCUT2D eigenvalue weighted by molar-refractivity contribution is -0.183. The second-order valence-corrected chi connectivity index (χ2v) is 7.08. The van der Waals surface area contributed by atoms with E-state index in [1.54, 1.807) is 44.6 Å². The Morgan fingerprint density at radius 1 is 0.767 bits per heavy atom. The van der Waals surface area contributed by atoms with Gasteiger partial charge in [-0.1, -0.05) is 66.7 Å². The third-order valence-electron chi connectivity index (χ3n) is 5.68. The fraction of sp³-hybridized carbons (Fsp3) is 0.125. The molecule has 0 fully saturated rings. The van der Waals surface area contributed by atoms with Crippen LogP contribution in [-0.2, 0) is 15.3 Å². The van der Waals surface area contributed by atoms with E-state index in [0.29, 0.717) is 33.5 Å². The van der Waals surface area contributed by atoms with Crippen LogP contribution >= 0.6 is 0 Å². The van der Waals surface area contributed by atoms with Crippen LogP contribution in [0.25, 0.3) is 11.3 Å². The number of aromatic amines is 1. The topological polar surface area (TPSA) is 81.3 Å². The second-order valence-electron chi connectivity index (χ2n) is 7.08. The van der Waals surface area contributed by atoms with Crippen LogP contribution in [0, 0.1) is 0 Å². The van der Waals surface area contributed by atoms with Crippen LogP contribution in [0.5, 0.6) is 0 Å². The van der Waals surface area contributed by atoms with Gasteiger partial charge in [-0.05, 0) is 0 Å². The molecule has 0 saturated carbocycles. The Bertz CT molecular complexity index is 1260. The number of hydrogen-bond acceptors (Lipinski definition) is 5. The summed E-state index contributed by atoms with van der Waals surface area (Å²) in [7, 11) is 3.12. The standard InChI is InChI=1S/C24H18N2O4/c1-29-24(30-2,14-8-4-3-5-9-14)18-13-12-17-19-21(26-25-20(17)18)23(28)16-11-7-6-10-15(16)22(19)27/h3-13,26H,1-2H3. The fourth-order valence-electron chi connectivity index (χ4n) is 4.26. The number of nitrogens with one attached hydrogen (secondary N) is 1. The molecule has 0 amide bonds. The summed E-state index contributed by atoms with van der Waals surface area (Å²) in [5.74, 6) is -1.66. The zero-order chi connectivity index (χ0) is 20.9. The highest BCUT2D eigenvalue weighted by Crippen LogP contribution is 2.43. The number of nitrogens with zero attached hydrogens (tertiary/aromatic N) is 1.